The number of fused-ring (bicyclic) bond motifs is 1. The third kappa shape index (κ3) is 11.0. The highest BCUT2D eigenvalue weighted by molar-refractivity contribution is 5.76. The molecule has 0 unspecified atom stereocenters. The lowest BCUT2D eigenvalue weighted by Crippen LogP contribution is -2.60. The van der Waals surface area contributed by atoms with E-state index in [-0.39, 0.29) is 43.9 Å². The van der Waals surface area contributed by atoms with Crippen molar-refractivity contribution >= 4 is 12.0 Å². The number of carbonyl (C=O) groups is 1. The summed E-state index contributed by atoms with van der Waals surface area (Å²) in [5, 5.41) is 47.7. The zero-order chi connectivity index (χ0) is 45.9. The van der Waals surface area contributed by atoms with Crippen molar-refractivity contribution in [2.45, 2.75) is 192 Å². The summed E-state index contributed by atoms with van der Waals surface area (Å²) in [5.41, 5.74) is -3.48. The summed E-state index contributed by atoms with van der Waals surface area (Å²) in [7, 11) is 3.46. The second-order valence-corrected chi connectivity index (χ2v) is 19.2. The van der Waals surface area contributed by atoms with Gasteiger partial charge < -0.3 is 58.5 Å². The fraction of sp³-hybridized carbons (Fsp3) is 0.787. The molecule has 4 N–H and O–H groups in total. The van der Waals surface area contributed by atoms with Gasteiger partial charge in [0.15, 0.2) is 18.7 Å². The second kappa shape index (κ2) is 20.5. The van der Waals surface area contributed by atoms with Gasteiger partial charge in [0, 0.05) is 39.1 Å². The first-order valence-electron chi connectivity index (χ1n) is 22.4. The first-order valence-corrected chi connectivity index (χ1v) is 22.4. The van der Waals surface area contributed by atoms with Crippen molar-refractivity contribution in [3.05, 3.63) is 35.9 Å². The number of cyclic esters (lactones) is 1. The fourth-order valence-electron chi connectivity index (χ4n) is 10.2. The van der Waals surface area contributed by atoms with Crippen LogP contribution in [0.3, 0.4) is 0 Å². The second-order valence-electron chi connectivity index (χ2n) is 19.2. The maximum atomic E-state index is 14.5. The number of amidine groups is 1. The number of likely N-dealkylation sites (N-methyl/N-ethyl adjacent to an activating group) is 1. The first kappa shape index (κ1) is 50.1. The van der Waals surface area contributed by atoms with Gasteiger partial charge in [-0.1, -0.05) is 57.0 Å². The van der Waals surface area contributed by atoms with E-state index in [0.29, 0.717) is 25.5 Å². The van der Waals surface area contributed by atoms with Gasteiger partial charge in [-0.25, -0.2) is 4.99 Å². The maximum absolute atomic E-state index is 14.5. The number of esters is 1. The van der Waals surface area contributed by atoms with Crippen LogP contribution in [0.25, 0.3) is 0 Å². The van der Waals surface area contributed by atoms with Crippen molar-refractivity contribution in [3.63, 3.8) is 0 Å². The van der Waals surface area contributed by atoms with E-state index in [0.717, 1.165) is 5.56 Å². The number of rotatable bonds is 9. The van der Waals surface area contributed by atoms with Crippen molar-refractivity contribution < 1.29 is 58.4 Å². The molecule has 4 aliphatic heterocycles. The Hall–Kier alpha value is -2.88. The molecular weight excluding hydrogens is 799 g/mol. The van der Waals surface area contributed by atoms with E-state index in [1.165, 1.54) is 14.0 Å². The molecule has 0 amide bonds. The third-order valence-corrected chi connectivity index (χ3v) is 13.9. The predicted molar refractivity (Wildman–Crippen MR) is 232 cm³/mol. The molecule has 0 aromatic heterocycles. The van der Waals surface area contributed by atoms with Crippen molar-refractivity contribution in [3.8, 4) is 12.3 Å². The molecule has 4 aliphatic rings. The van der Waals surface area contributed by atoms with Crippen LogP contribution in [0.2, 0.25) is 0 Å². The number of ether oxygens (including phenoxy) is 7. The Morgan fingerprint density at radius 3 is 2.27 bits per heavy atom. The lowest BCUT2D eigenvalue weighted by molar-refractivity contribution is -0.313. The molecule has 15 nitrogen and oxygen atoms in total. The van der Waals surface area contributed by atoms with Gasteiger partial charge in [0.1, 0.15) is 23.9 Å². The molecule has 62 heavy (non-hydrogen) atoms. The normalized spacial score (nSPS) is 44.7. The Balaban J connectivity index is 1.58. The summed E-state index contributed by atoms with van der Waals surface area (Å²) < 4.78 is 45.2. The molecule has 5 rings (SSSR count). The highest BCUT2D eigenvalue weighted by Gasteiger charge is 2.55. The van der Waals surface area contributed by atoms with E-state index in [9.17, 15) is 25.2 Å². The molecule has 0 radical (unpaired) electrons. The minimum absolute atomic E-state index is 0.124. The van der Waals surface area contributed by atoms with Crippen molar-refractivity contribution in [1.29, 1.82) is 0 Å². The van der Waals surface area contributed by atoms with Crippen LogP contribution >= 0.6 is 0 Å². The predicted octanol–water partition coefficient (Wildman–Crippen LogP) is 3.87. The molecule has 1 aromatic rings. The van der Waals surface area contributed by atoms with Gasteiger partial charge in [-0.15, -0.1) is 6.42 Å². The van der Waals surface area contributed by atoms with Gasteiger partial charge in [-0.3, -0.25) is 9.69 Å². The molecule has 0 bridgehead atoms. The molecule has 15 heteroatoms. The largest absolute Gasteiger partial charge is 0.459 e. The Kier molecular flexibility index (Phi) is 16.6. The summed E-state index contributed by atoms with van der Waals surface area (Å²) in [5.74, 6) is -0.0354. The molecule has 350 valence electrons. The van der Waals surface area contributed by atoms with Gasteiger partial charge >= 0.3 is 5.97 Å². The number of aliphatic hydroxyl groups is 4. The number of hydrogen-bond donors (Lipinski definition) is 4. The smallest absolute Gasteiger partial charge is 0.311 e. The van der Waals surface area contributed by atoms with Crippen LogP contribution < -0.4 is 0 Å². The summed E-state index contributed by atoms with van der Waals surface area (Å²) >= 11 is 0. The average Bonchev–Trinajstić information content (AvgIpc) is 3.54. The number of aliphatic imine (C=N–C) groups is 1. The van der Waals surface area contributed by atoms with Crippen molar-refractivity contribution in [1.82, 2.24) is 9.80 Å². The minimum Gasteiger partial charge on any atom is -0.459 e. The quantitative estimate of drug-likeness (QED) is 0.208. The topological polar surface area (TPSA) is 181 Å². The number of terminal acetylenes is 1. The Labute approximate surface area is 369 Å². The number of carbonyl (C=O) groups excluding carboxylic acids is 1. The van der Waals surface area contributed by atoms with E-state index < -0.39 is 96.0 Å². The van der Waals surface area contributed by atoms with Crippen molar-refractivity contribution in [2.24, 2.45) is 22.7 Å². The molecule has 18 atom stereocenters. The summed E-state index contributed by atoms with van der Waals surface area (Å²) in [6.45, 7) is 18.6. The molecule has 0 spiro atoms. The van der Waals surface area contributed by atoms with E-state index in [1.54, 1.807) is 41.5 Å². The van der Waals surface area contributed by atoms with Crippen LogP contribution in [0, 0.1) is 30.1 Å². The number of nitrogens with zero attached hydrogens (tertiary/aromatic N) is 3. The Bertz CT molecular complexity index is 1690. The number of hydrogen-bond acceptors (Lipinski definition) is 14. The van der Waals surface area contributed by atoms with Gasteiger partial charge in [0.05, 0.1) is 60.7 Å². The van der Waals surface area contributed by atoms with Crippen LogP contribution in [0.4, 0.5) is 0 Å². The van der Waals surface area contributed by atoms with E-state index in [4.69, 9.17) is 44.6 Å². The molecule has 0 aliphatic carbocycles. The lowest BCUT2D eigenvalue weighted by atomic mass is 9.77. The minimum atomic E-state index is -1.87. The Morgan fingerprint density at radius 2 is 1.65 bits per heavy atom. The van der Waals surface area contributed by atoms with Gasteiger partial charge in [0.25, 0.3) is 6.02 Å². The van der Waals surface area contributed by atoms with Crippen LogP contribution in [-0.4, -0.2) is 160 Å². The monoisotopic (exact) mass is 874 g/mol. The van der Waals surface area contributed by atoms with Gasteiger partial charge in [-0.2, -0.15) is 0 Å². The highest BCUT2D eigenvalue weighted by atomic mass is 16.7. The molecule has 0 saturated carbocycles. The zero-order valence-corrected chi connectivity index (χ0v) is 39.0. The number of benzene rings is 1. The van der Waals surface area contributed by atoms with Gasteiger partial charge in [-0.05, 0) is 79.2 Å². The Morgan fingerprint density at radius 1 is 0.968 bits per heavy atom. The van der Waals surface area contributed by atoms with Crippen molar-refractivity contribution in [2.75, 3.05) is 27.2 Å². The zero-order valence-electron chi connectivity index (χ0n) is 39.0. The van der Waals surface area contributed by atoms with E-state index >= 15 is 0 Å². The summed E-state index contributed by atoms with van der Waals surface area (Å²) in [4.78, 5) is 23.2. The molecular formula is C47H75N3O12. The van der Waals surface area contributed by atoms with Gasteiger partial charge in [0.2, 0.25) is 0 Å². The highest BCUT2D eigenvalue weighted by Crippen LogP contribution is 2.41. The molecule has 4 fully saturated rings. The molecule has 1 aromatic carbocycles. The number of methoxy groups -OCH3 is 1. The summed E-state index contributed by atoms with van der Waals surface area (Å²) in [6.07, 6.45) is -2.02. The van der Waals surface area contributed by atoms with Crippen LogP contribution in [0.5, 0.6) is 0 Å². The molecule has 4 saturated heterocycles. The van der Waals surface area contributed by atoms with Crippen LogP contribution in [-0.2, 0) is 44.5 Å². The lowest BCUT2D eigenvalue weighted by Gasteiger charge is -2.48. The van der Waals surface area contributed by atoms with Crippen LogP contribution in [0.1, 0.15) is 100 Å². The molecule has 4 heterocycles. The SMILES string of the molecule is C#CCN1C[C@H](C)C[C@@](C)(O)[C@H](O[C@@H]2O[C@H](C)C[C@H]3[C@H]2OC(=NCc2ccccc2)N3C)[C@@H](C)[C@H](O[C@H]2C[C@@](C)(OC)[C@@H](O)[C@H](C)O2)[C@@H](C)C(=O)O[C@H](CC)[C@@](C)(O)[C@H](O)[C@H]1C. The van der Waals surface area contributed by atoms with E-state index in [2.05, 4.69) is 5.92 Å². The van der Waals surface area contributed by atoms with E-state index in [1.807, 2.05) is 68.0 Å². The van der Waals surface area contributed by atoms with Crippen LogP contribution in [0.15, 0.2) is 35.3 Å². The number of aliphatic hydroxyl groups excluding tert-OH is 2. The standard InChI is InChI=1S/C47H75N3O12/c1-14-21-50-26-27(3)23-45(9,54)41(62-43-38-34(22-28(4)57-43)49(12)44(61-38)48-25-33-19-17-16-18-20-33)29(5)37(60-36-24-46(10,56-13)40(52)32(8)58-36)30(6)42(53)59-35(15-2)47(11,55)39(51)31(50)7/h1,16-20,27-32,34-41,43,51-52,54-55H,15,21-26H2,2-13H3/t27-,28-,29+,30-,31-,32+,34+,35-,36+,37+,38-,39-,40+,41-,43+,45-,46-,47-/m1/s1. The fourth-order valence-corrected chi connectivity index (χ4v) is 10.2. The third-order valence-electron chi connectivity index (χ3n) is 13.9. The first-order chi connectivity index (χ1) is 29.1. The average molecular weight is 874 g/mol. The maximum Gasteiger partial charge on any atom is 0.311 e. The summed E-state index contributed by atoms with van der Waals surface area (Å²) in [6, 6.07) is 9.56.